The molecule has 8 heteroatoms. The van der Waals surface area contributed by atoms with Gasteiger partial charge in [0.15, 0.2) is 5.82 Å². The summed E-state index contributed by atoms with van der Waals surface area (Å²) in [4.78, 5) is 13.4. The van der Waals surface area contributed by atoms with Crippen molar-refractivity contribution in [2.24, 2.45) is 0 Å². The fourth-order valence-electron chi connectivity index (χ4n) is 5.07. The number of methoxy groups -OCH3 is 1. The van der Waals surface area contributed by atoms with Crippen LogP contribution in [-0.4, -0.2) is 36.4 Å². The van der Waals surface area contributed by atoms with E-state index in [1.165, 1.54) is 6.07 Å². The lowest BCUT2D eigenvalue weighted by Gasteiger charge is -2.24. The Balaban J connectivity index is 1.31. The molecule has 1 atom stereocenters. The Morgan fingerprint density at radius 3 is 2.82 bits per heavy atom. The Hall–Kier alpha value is -4.59. The van der Waals surface area contributed by atoms with Gasteiger partial charge in [-0.1, -0.05) is 24.3 Å². The summed E-state index contributed by atoms with van der Waals surface area (Å²) in [6, 6.07) is 14.8. The largest absolute Gasteiger partial charge is 0.495 e. The third-order valence-corrected chi connectivity index (χ3v) is 6.87. The van der Waals surface area contributed by atoms with Crippen LogP contribution in [0.2, 0.25) is 0 Å². The number of imidazole rings is 1. The average Bonchev–Trinajstić information content (AvgIpc) is 3.58. The van der Waals surface area contributed by atoms with Gasteiger partial charge in [-0.05, 0) is 72.9 Å². The number of aromatic nitrogens is 6. The van der Waals surface area contributed by atoms with Crippen LogP contribution in [0.15, 0.2) is 73.4 Å². The molecular weight excluding hydrogens is 479 g/mol. The van der Waals surface area contributed by atoms with Gasteiger partial charge in [-0.3, -0.25) is 4.98 Å². The molecule has 0 fully saturated rings. The van der Waals surface area contributed by atoms with E-state index in [9.17, 15) is 4.39 Å². The van der Waals surface area contributed by atoms with Gasteiger partial charge in [-0.2, -0.15) is 5.10 Å². The summed E-state index contributed by atoms with van der Waals surface area (Å²) in [6.07, 6.45) is 13.0. The number of halogens is 1. The van der Waals surface area contributed by atoms with Crippen molar-refractivity contribution in [3.05, 3.63) is 108 Å². The zero-order chi connectivity index (χ0) is 26.1. The normalized spacial score (nSPS) is 15.1. The van der Waals surface area contributed by atoms with Gasteiger partial charge in [0.05, 0.1) is 24.8 Å². The second kappa shape index (κ2) is 10.0. The number of rotatable bonds is 6. The lowest BCUT2D eigenvalue weighted by atomic mass is 9.86. The third kappa shape index (κ3) is 4.61. The van der Waals surface area contributed by atoms with E-state index >= 15 is 0 Å². The Labute approximate surface area is 220 Å². The lowest BCUT2D eigenvalue weighted by Crippen LogP contribution is -2.18. The fourth-order valence-corrected chi connectivity index (χ4v) is 5.07. The summed E-state index contributed by atoms with van der Waals surface area (Å²) in [5.41, 5.74) is 5.62. The maximum atomic E-state index is 14.3. The molecule has 0 saturated heterocycles. The summed E-state index contributed by atoms with van der Waals surface area (Å²) in [6.45, 7) is 2.76. The van der Waals surface area contributed by atoms with Crippen LogP contribution in [0.1, 0.15) is 47.2 Å². The Morgan fingerprint density at radius 2 is 2.03 bits per heavy atom. The average molecular weight is 507 g/mol. The van der Waals surface area contributed by atoms with Gasteiger partial charge in [-0.15, -0.1) is 0 Å². The van der Waals surface area contributed by atoms with Gasteiger partial charge >= 0.3 is 0 Å². The van der Waals surface area contributed by atoms with Crippen LogP contribution in [0.5, 0.6) is 5.75 Å². The van der Waals surface area contributed by atoms with Crippen LogP contribution < -0.4 is 4.74 Å². The zero-order valence-corrected chi connectivity index (χ0v) is 21.3. The van der Waals surface area contributed by atoms with Crippen LogP contribution in [0.25, 0.3) is 29.0 Å². The molecule has 0 bridgehead atoms. The van der Waals surface area contributed by atoms with E-state index in [2.05, 4.69) is 9.97 Å². The summed E-state index contributed by atoms with van der Waals surface area (Å²) < 4.78 is 23.8. The number of aryl methyl sites for hydroxylation is 2. The molecule has 0 spiro atoms. The predicted octanol–water partition coefficient (Wildman–Crippen LogP) is 6.08. The Morgan fingerprint density at radius 1 is 1.11 bits per heavy atom. The SMILES string of the molecule is COc1cc(C=Cc2nc3n(n2)CCC[C@H]3c2ccc(F)cc2-c2cccnc2)ccc1-n1cnc(C)c1. The minimum absolute atomic E-state index is 0.0206. The highest BCUT2D eigenvalue weighted by molar-refractivity contribution is 5.70. The first-order valence-corrected chi connectivity index (χ1v) is 12.6. The van der Waals surface area contributed by atoms with Crippen molar-refractivity contribution in [3.8, 4) is 22.6 Å². The number of pyridine rings is 1. The molecule has 0 amide bonds. The molecule has 0 N–H and O–H groups in total. The van der Waals surface area contributed by atoms with E-state index in [-0.39, 0.29) is 11.7 Å². The molecule has 0 aliphatic carbocycles. The molecule has 0 radical (unpaired) electrons. The fraction of sp³-hybridized carbons (Fsp3) is 0.200. The summed E-state index contributed by atoms with van der Waals surface area (Å²) in [5, 5.41) is 4.76. The van der Waals surface area contributed by atoms with Gasteiger partial charge in [-0.25, -0.2) is 19.0 Å². The molecule has 4 heterocycles. The third-order valence-electron chi connectivity index (χ3n) is 6.87. The molecule has 0 saturated carbocycles. The number of benzene rings is 2. The van der Waals surface area contributed by atoms with Crippen molar-refractivity contribution in [1.82, 2.24) is 29.3 Å². The minimum Gasteiger partial charge on any atom is -0.495 e. The summed E-state index contributed by atoms with van der Waals surface area (Å²) >= 11 is 0. The zero-order valence-electron chi connectivity index (χ0n) is 21.3. The predicted molar refractivity (Wildman–Crippen MR) is 145 cm³/mol. The Kier molecular flexibility index (Phi) is 6.29. The van der Waals surface area contributed by atoms with E-state index in [4.69, 9.17) is 14.8 Å². The molecule has 2 aromatic carbocycles. The standard InChI is InChI=1S/C30H27FN6O/c1-20-18-36(19-33-20)27-11-7-21(15-28(27)38-2)8-12-29-34-30-25(6-4-14-37(30)35-29)24-10-9-23(31)16-26(24)22-5-3-13-32-17-22/h3,5,7-13,15-19,25H,4,6,14H2,1-2H3/t25-/m0/s1. The molecule has 7 nitrogen and oxygen atoms in total. The monoisotopic (exact) mass is 506 g/mol. The first-order valence-electron chi connectivity index (χ1n) is 12.6. The quantitative estimate of drug-likeness (QED) is 0.279. The molecule has 190 valence electrons. The molecular formula is C30H27FN6O. The van der Waals surface area contributed by atoms with E-state index in [1.54, 1.807) is 31.9 Å². The topological polar surface area (TPSA) is 70.7 Å². The van der Waals surface area contributed by atoms with E-state index in [0.717, 1.165) is 64.6 Å². The van der Waals surface area contributed by atoms with Gasteiger partial charge in [0.2, 0.25) is 0 Å². The van der Waals surface area contributed by atoms with Crippen molar-refractivity contribution in [2.75, 3.05) is 7.11 Å². The molecule has 1 aliphatic rings. The van der Waals surface area contributed by atoms with Crippen molar-refractivity contribution in [3.63, 3.8) is 0 Å². The Bertz CT molecular complexity index is 1620. The summed E-state index contributed by atoms with van der Waals surface area (Å²) in [5.74, 6) is 2.05. The van der Waals surface area contributed by atoms with Crippen LogP contribution in [0.3, 0.4) is 0 Å². The number of hydrogen-bond acceptors (Lipinski definition) is 5. The second-order valence-electron chi connectivity index (χ2n) is 9.41. The summed E-state index contributed by atoms with van der Waals surface area (Å²) in [7, 11) is 1.66. The first-order chi connectivity index (χ1) is 18.6. The van der Waals surface area contributed by atoms with Gasteiger partial charge in [0.1, 0.15) is 17.4 Å². The minimum atomic E-state index is -0.266. The number of ether oxygens (including phenoxy) is 1. The van der Waals surface area contributed by atoms with Crippen LogP contribution in [-0.2, 0) is 6.54 Å². The maximum Gasteiger partial charge on any atom is 0.174 e. The molecule has 3 aromatic heterocycles. The molecule has 0 unspecified atom stereocenters. The highest BCUT2D eigenvalue weighted by Crippen LogP contribution is 2.38. The van der Waals surface area contributed by atoms with E-state index in [0.29, 0.717) is 5.82 Å². The molecule has 38 heavy (non-hydrogen) atoms. The van der Waals surface area contributed by atoms with Crippen molar-refractivity contribution >= 4 is 12.2 Å². The smallest absolute Gasteiger partial charge is 0.174 e. The highest BCUT2D eigenvalue weighted by Gasteiger charge is 2.28. The second-order valence-corrected chi connectivity index (χ2v) is 9.41. The van der Waals surface area contributed by atoms with Gasteiger partial charge in [0.25, 0.3) is 0 Å². The highest BCUT2D eigenvalue weighted by atomic mass is 19.1. The van der Waals surface area contributed by atoms with Crippen molar-refractivity contribution < 1.29 is 9.13 Å². The number of fused-ring (bicyclic) bond motifs is 1. The van der Waals surface area contributed by atoms with Crippen LogP contribution >= 0.6 is 0 Å². The van der Waals surface area contributed by atoms with Gasteiger partial charge in [0, 0.05) is 36.6 Å². The van der Waals surface area contributed by atoms with Crippen molar-refractivity contribution in [2.45, 2.75) is 32.2 Å². The molecule has 6 rings (SSSR count). The van der Waals surface area contributed by atoms with Crippen LogP contribution in [0, 0.1) is 12.7 Å². The van der Waals surface area contributed by atoms with Crippen LogP contribution in [0.4, 0.5) is 4.39 Å². The molecule has 5 aromatic rings. The lowest BCUT2D eigenvalue weighted by molar-refractivity contribution is 0.413. The van der Waals surface area contributed by atoms with E-state index in [1.807, 2.05) is 70.9 Å². The molecule has 1 aliphatic heterocycles. The number of hydrogen-bond donors (Lipinski definition) is 0. The maximum absolute atomic E-state index is 14.3. The van der Waals surface area contributed by atoms with Crippen molar-refractivity contribution in [1.29, 1.82) is 0 Å². The van der Waals surface area contributed by atoms with Gasteiger partial charge < -0.3 is 9.30 Å². The van der Waals surface area contributed by atoms with E-state index < -0.39 is 0 Å². The number of nitrogens with zero attached hydrogens (tertiary/aromatic N) is 6. The first kappa shape index (κ1) is 23.8.